The van der Waals surface area contributed by atoms with Gasteiger partial charge in [-0.1, -0.05) is 0 Å². The van der Waals surface area contributed by atoms with Crippen LogP contribution in [0.1, 0.15) is 27.6 Å². The van der Waals surface area contributed by atoms with Gasteiger partial charge in [0, 0.05) is 32.3 Å². The molecule has 120 valence electrons. The highest BCUT2D eigenvalue weighted by Crippen LogP contribution is 2.10. The van der Waals surface area contributed by atoms with Crippen LogP contribution in [0.4, 0.5) is 0 Å². The third-order valence-electron chi connectivity index (χ3n) is 3.09. The summed E-state index contributed by atoms with van der Waals surface area (Å²) < 4.78 is 4.84. The van der Waals surface area contributed by atoms with Crippen LogP contribution >= 0.6 is 0 Å². The summed E-state index contributed by atoms with van der Waals surface area (Å²) in [4.78, 5) is 36.6. The summed E-state index contributed by atoms with van der Waals surface area (Å²) >= 11 is 0. The number of nitrogens with one attached hydrogen (secondary N) is 1. The molecule has 0 spiro atoms. The van der Waals surface area contributed by atoms with Crippen LogP contribution in [-0.4, -0.2) is 61.1 Å². The van der Waals surface area contributed by atoms with Crippen molar-refractivity contribution >= 4 is 17.8 Å². The van der Waals surface area contributed by atoms with Crippen molar-refractivity contribution < 1.29 is 24.2 Å². The summed E-state index contributed by atoms with van der Waals surface area (Å²) in [6.45, 7) is 1.20. The Balaban J connectivity index is 2.90. The molecule has 2 amide bonds. The zero-order chi connectivity index (χ0) is 16.9. The quantitative estimate of drug-likeness (QED) is 0.802. The largest absolute Gasteiger partial charge is 0.479 e. The molecule has 0 radical (unpaired) electrons. The number of hydrogen-bond donors (Lipinski definition) is 2. The molecule has 0 saturated heterocycles. The highest BCUT2D eigenvalue weighted by Gasteiger charge is 2.35. The Hall–Kier alpha value is -2.41. The number of carboxylic acid groups (broad SMARTS) is 1. The monoisotopic (exact) mass is 308 g/mol. The molecule has 0 saturated carbocycles. The molecule has 1 aromatic carbocycles. The molecule has 1 rings (SSSR count). The van der Waals surface area contributed by atoms with E-state index in [1.807, 2.05) is 0 Å². The third-order valence-corrected chi connectivity index (χ3v) is 3.09. The molecular weight excluding hydrogens is 288 g/mol. The molecule has 0 heterocycles. The maximum Gasteiger partial charge on any atom is 0.331 e. The number of carboxylic acids is 1. The van der Waals surface area contributed by atoms with E-state index < -0.39 is 17.4 Å². The summed E-state index contributed by atoms with van der Waals surface area (Å²) in [6.07, 6.45) is 0. The van der Waals surface area contributed by atoms with E-state index in [0.717, 1.165) is 0 Å². The summed E-state index contributed by atoms with van der Waals surface area (Å²) in [5.41, 5.74) is -0.817. The molecule has 0 aliphatic carbocycles. The Morgan fingerprint density at radius 1 is 1.18 bits per heavy atom. The van der Waals surface area contributed by atoms with Crippen LogP contribution in [-0.2, 0) is 9.53 Å². The van der Waals surface area contributed by atoms with Gasteiger partial charge in [-0.3, -0.25) is 9.59 Å². The minimum Gasteiger partial charge on any atom is -0.479 e. The second-order valence-corrected chi connectivity index (χ2v) is 5.30. The van der Waals surface area contributed by atoms with Crippen molar-refractivity contribution in [1.82, 2.24) is 10.2 Å². The van der Waals surface area contributed by atoms with E-state index in [4.69, 9.17) is 4.74 Å². The lowest BCUT2D eigenvalue weighted by Crippen LogP contribution is -2.55. The first kappa shape index (κ1) is 17.6. The Bertz CT molecular complexity index is 568. The zero-order valence-corrected chi connectivity index (χ0v) is 13.0. The molecule has 2 N–H and O–H groups in total. The fraction of sp³-hybridized carbons (Fsp3) is 0.400. The number of ether oxygens (including phenoxy) is 1. The van der Waals surface area contributed by atoms with Crippen molar-refractivity contribution in [3.8, 4) is 0 Å². The van der Waals surface area contributed by atoms with Crippen LogP contribution in [0.5, 0.6) is 0 Å². The van der Waals surface area contributed by atoms with Gasteiger partial charge in [0.2, 0.25) is 0 Å². The topological polar surface area (TPSA) is 95.9 Å². The van der Waals surface area contributed by atoms with Gasteiger partial charge in [-0.25, -0.2) is 4.79 Å². The van der Waals surface area contributed by atoms with Crippen LogP contribution in [0.3, 0.4) is 0 Å². The second kappa shape index (κ2) is 7.04. The first-order valence-electron chi connectivity index (χ1n) is 6.58. The van der Waals surface area contributed by atoms with Crippen molar-refractivity contribution in [3.05, 3.63) is 35.4 Å². The molecule has 7 heteroatoms. The van der Waals surface area contributed by atoms with Crippen molar-refractivity contribution in [2.24, 2.45) is 0 Å². The average Bonchev–Trinajstić information content (AvgIpc) is 2.46. The lowest BCUT2D eigenvalue weighted by molar-refractivity contribution is -0.145. The van der Waals surface area contributed by atoms with Gasteiger partial charge in [-0.05, 0) is 31.2 Å². The lowest BCUT2D eigenvalue weighted by atomic mass is 10.0. The van der Waals surface area contributed by atoms with E-state index in [1.54, 1.807) is 14.1 Å². The maximum absolute atomic E-state index is 12.1. The normalized spacial score (nSPS) is 13.1. The van der Waals surface area contributed by atoms with Gasteiger partial charge in [0.25, 0.3) is 11.8 Å². The molecule has 0 aromatic heterocycles. The first-order chi connectivity index (χ1) is 10.2. The number of benzene rings is 1. The first-order valence-corrected chi connectivity index (χ1v) is 6.58. The Labute approximate surface area is 128 Å². The summed E-state index contributed by atoms with van der Waals surface area (Å²) in [5, 5.41) is 11.6. The van der Waals surface area contributed by atoms with Gasteiger partial charge in [0.1, 0.15) is 0 Å². The summed E-state index contributed by atoms with van der Waals surface area (Å²) in [6, 6.07) is 5.99. The smallest absolute Gasteiger partial charge is 0.331 e. The number of methoxy groups -OCH3 is 1. The number of nitrogens with zero attached hydrogens (tertiary/aromatic N) is 1. The van der Waals surface area contributed by atoms with Crippen LogP contribution in [0.25, 0.3) is 0 Å². The number of amides is 2. The molecule has 0 aliphatic heterocycles. The van der Waals surface area contributed by atoms with Gasteiger partial charge >= 0.3 is 5.97 Å². The van der Waals surface area contributed by atoms with Crippen LogP contribution in [0.2, 0.25) is 0 Å². The fourth-order valence-electron chi connectivity index (χ4n) is 1.79. The van der Waals surface area contributed by atoms with Crippen molar-refractivity contribution in [3.63, 3.8) is 0 Å². The van der Waals surface area contributed by atoms with Gasteiger partial charge < -0.3 is 20.1 Å². The SMILES string of the molecule is COCC(C)(NC(=O)c1ccc(C(=O)N(C)C)cc1)C(=O)O. The average molecular weight is 308 g/mol. The molecular formula is C15H20N2O5. The number of rotatable bonds is 6. The van der Waals surface area contributed by atoms with Crippen LogP contribution in [0.15, 0.2) is 24.3 Å². The molecule has 0 fully saturated rings. The van der Waals surface area contributed by atoms with E-state index in [1.165, 1.54) is 43.2 Å². The van der Waals surface area contributed by atoms with E-state index in [0.29, 0.717) is 5.56 Å². The number of hydrogen-bond acceptors (Lipinski definition) is 4. The highest BCUT2D eigenvalue weighted by atomic mass is 16.5. The summed E-state index contributed by atoms with van der Waals surface area (Å²) in [5.74, 6) is -1.92. The molecule has 22 heavy (non-hydrogen) atoms. The van der Waals surface area contributed by atoms with Gasteiger partial charge in [0.15, 0.2) is 5.54 Å². The minimum absolute atomic E-state index is 0.161. The predicted octanol–water partition coefficient (Wildman–Crippen LogP) is 0.608. The number of carbonyl (C=O) groups is 3. The number of carbonyl (C=O) groups excluding carboxylic acids is 2. The van der Waals surface area contributed by atoms with Crippen molar-refractivity contribution in [2.45, 2.75) is 12.5 Å². The Morgan fingerprint density at radius 2 is 1.68 bits per heavy atom. The zero-order valence-electron chi connectivity index (χ0n) is 13.0. The van der Waals surface area contributed by atoms with Gasteiger partial charge in [-0.2, -0.15) is 0 Å². The summed E-state index contributed by atoms with van der Waals surface area (Å²) in [7, 11) is 4.62. The molecule has 1 unspecified atom stereocenters. The standard InChI is InChI=1S/C15H20N2O5/c1-15(9-22-4,14(20)21)16-12(18)10-5-7-11(8-6-10)13(19)17(2)3/h5-8H,9H2,1-4H3,(H,16,18)(H,20,21). The molecule has 1 atom stereocenters. The van der Waals surface area contributed by atoms with E-state index in [-0.39, 0.29) is 18.1 Å². The van der Waals surface area contributed by atoms with E-state index in [2.05, 4.69) is 5.32 Å². The predicted molar refractivity (Wildman–Crippen MR) is 79.8 cm³/mol. The maximum atomic E-state index is 12.1. The minimum atomic E-state index is -1.52. The fourth-order valence-corrected chi connectivity index (χ4v) is 1.79. The highest BCUT2D eigenvalue weighted by molar-refractivity contribution is 5.99. The van der Waals surface area contributed by atoms with Crippen LogP contribution in [0, 0.1) is 0 Å². The van der Waals surface area contributed by atoms with Gasteiger partial charge in [0.05, 0.1) is 6.61 Å². The molecule has 0 aliphatic rings. The Morgan fingerprint density at radius 3 is 2.09 bits per heavy atom. The second-order valence-electron chi connectivity index (χ2n) is 5.30. The van der Waals surface area contributed by atoms with Crippen molar-refractivity contribution in [1.29, 1.82) is 0 Å². The lowest BCUT2D eigenvalue weighted by Gasteiger charge is -2.25. The number of aliphatic carboxylic acids is 1. The Kier molecular flexibility index (Phi) is 5.64. The van der Waals surface area contributed by atoms with E-state index in [9.17, 15) is 19.5 Å². The van der Waals surface area contributed by atoms with Crippen molar-refractivity contribution in [2.75, 3.05) is 27.8 Å². The third kappa shape index (κ3) is 4.05. The van der Waals surface area contributed by atoms with Crippen LogP contribution < -0.4 is 5.32 Å². The van der Waals surface area contributed by atoms with E-state index >= 15 is 0 Å². The molecule has 7 nitrogen and oxygen atoms in total. The van der Waals surface area contributed by atoms with Gasteiger partial charge in [-0.15, -0.1) is 0 Å². The molecule has 0 bridgehead atoms. The molecule has 1 aromatic rings.